The largest absolute Gasteiger partial charge is 0.454 e. The van der Waals surface area contributed by atoms with Crippen molar-refractivity contribution in [1.82, 2.24) is 0 Å². The average Bonchev–Trinajstić information content (AvgIpc) is 2.85. The van der Waals surface area contributed by atoms with Crippen molar-refractivity contribution in [2.45, 2.75) is 12.5 Å². The predicted molar refractivity (Wildman–Crippen MR) is 61.4 cm³/mol. The van der Waals surface area contributed by atoms with Crippen LogP contribution in [0.1, 0.15) is 6.42 Å². The third kappa shape index (κ3) is 2.45. The highest BCUT2D eigenvalue weighted by Gasteiger charge is 2.16. The molecule has 1 N–H and O–H groups in total. The molecule has 17 heavy (non-hydrogen) atoms. The van der Waals surface area contributed by atoms with Crippen molar-refractivity contribution in [3.8, 4) is 11.5 Å². The molecule has 1 fully saturated rings. The highest BCUT2D eigenvalue weighted by atomic mass is 16.7. The van der Waals surface area contributed by atoms with Gasteiger partial charge in [-0.15, -0.1) is 0 Å². The number of hydrogen-bond acceptors (Lipinski definition) is 5. The molecule has 2 aliphatic heterocycles. The lowest BCUT2D eigenvalue weighted by molar-refractivity contribution is -0.133. The van der Waals surface area contributed by atoms with Crippen LogP contribution in [-0.2, 0) is 9.47 Å². The van der Waals surface area contributed by atoms with Gasteiger partial charge in [0.25, 0.3) is 0 Å². The molecule has 1 atom stereocenters. The Morgan fingerprint density at radius 3 is 3.00 bits per heavy atom. The standard InChI is InChI=1S/C12H15NO4/c1-2-11-12(17-8-16-11)5-9(1)13-6-10-3-4-14-7-15-10/h1-2,5,10,13H,3-4,6-8H2. The van der Waals surface area contributed by atoms with Gasteiger partial charge in [0.15, 0.2) is 11.5 Å². The third-order valence-electron chi connectivity index (χ3n) is 2.88. The number of ether oxygens (including phenoxy) is 4. The van der Waals surface area contributed by atoms with Crippen LogP contribution in [0.2, 0.25) is 0 Å². The van der Waals surface area contributed by atoms with Crippen LogP contribution in [0.3, 0.4) is 0 Å². The highest BCUT2D eigenvalue weighted by Crippen LogP contribution is 2.34. The predicted octanol–water partition coefficient (Wildman–Crippen LogP) is 1.59. The van der Waals surface area contributed by atoms with E-state index in [9.17, 15) is 0 Å². The van der Waals surface area contributed by atoms with Crippen molar-refractivity contribution in [3.05, 3.63) is 18.2 Å². The molecule has 2 heterocycles. The Morgan fingerprint density at radius 2 is 2.12 bits per heavy atom. The van der Waals surface area contributed by atoms with Crippen LogP contribution in [-0.4, -0.2) is 32.8 Å². The van der Waals surface area contributed by atoms with Crippen molar-refractivity contribution in [1.29, 1.82) is 0 Å². The molecule has 1 aromatic carbocycles. The summed E-state index contributed by atoms with van der Waals surface area (Å²) < 4.78 is 21.2. The lowest BCUT2D eigenvalue weighted by atomic mass is 10.2. The van der Waals surface area contributed by atoms with Crippen LogP contribution in [0.15, 0.2) is 18.2 Å². The summed E-state index contributed by atoms with van der Waals surface area (Å²) in [5, 5.41) is 3.33. The first-order chi connectivity index (χ1) is 8.42. The Morgan fingerprint density at radius 1 is 1.18 bits per heavy atom. The molecule has 1 unspecified atom stereocenters. The van der Waals surface area contributed by atoms with Crippen LogP contribution >= 0.6 is 0 Å². The quantitative estimate of drug-likeness (QED) is 0.865. The van der Waals surface area contributed by atoms with Gasteiger partial charge in [-0.25, -0.2) is 0 Å². The summed E-state index contributed by atoms with van der Waals surface area (Å²) >= 11 is 0. The van der Waals surface area contributed by atoms with E-state index in [-0.39, 0.29) is 6.10 Å². The topological polar surface area (TPSA) is 49.0 Å². The summed E-state index contributed by atoms with van der Waals surface area (Å²) in [5.41, 5.74) is 1.02. The van der Waals surface area contributed by atoms with E-state index in [4.69, 9.17) is 18.9 Å². The lowest BCUT2D eigenvalue weighted by Gasteiger charge is -2.23. The summed E-state index contributed by atoms with van der Waals surface area (Å²) in [6.45, 7) is 2.26. The zero-order valence-electron chi connectivity index (χ0n) is 9.48. The van der Waals surface area contributed by atoms with Gasteiger partial charge in [0.2, 0.25) is 6.79 Å². The van der Waals surface area contributed by atoms with Gasteiger partial charge in [0, 0.05) is 18.3 Å². The molecule has 5 heteroatoms. The van der Waals surface area contributed by atoms with Gasteiger partial charge in [0.1, 0.15) is 6.79 Å². The van der Waals surface area contributed by atoms with Crippen molar-refractivity contribution >= 4 is 5.69 Å². The SMILES string of the molecule is c1cc2c(cc1NCC1CCOCO1)OCO2. The second kappa shape index (κ2) is 4.81. The molecule has 0 spiro atoms. The lowest BCUT2D eigenvalue weighted by Crippen LogP contribution is -2.30. The molecule has 1 aromatic rings. The number of hydrogen-bond donors (Lipinski definition) is 1. The van der Waals surface area contributed by atoms with Crippen LogP contribution in [0.5, 0.6) is 11.5 Å². The van der Waals surface area contributed by atoms with Gasteiger partial charge in [-0.3, -0.25) is 0 Å². The smallest absolute Gasteiger partial charge is 0.231 e. The fourth-order valence-corrected chi connectivity index (χ4v) is 1.90. The Bertz CT molecular complexity index is 390. The molecule has 0 amide bonds. The maximum absolute atomic E-state index is 5.45. The molecule has 0 radical (unpaired) electrons. The fraction of sp³-hybridized carbons (Fsp3) is 0.500. The van der Waals surface area contributed by atoms with E-state index in [1.54, 1.807) is 0 Å². The second-order valence-corrected chi connectivity index (χ2v) is 4.05. The molecule has 92 valence electrons. The molecule has 0 bridgehead atoms. The molecule has 0 aliphatic carbocycles. The Labute approximate surface area is 99.6 Å². The summed E-state index contributed by atoms with van der Waals surface area (Å²) in [7, 11) is 0. The number of nitrogens with one attached hydrogen (secondary N) is 1. The summed E-state index contributed by atoms with van der Waals surface area (Å²) in [5.74, 6) is 1.60. The number of rotatable bonds is 3. The summed E-state index contributed by atoms with van der Waals surface area (Å²) in [4.78, 5) is 0. The first-order valence-electron chi connectivity index (χ1n) is 5.75. The molecular formula is C12H15NO4. The van der Waals surface area contributed by atoms with E-state index >= 15 is 0 Å². The summed E-state index contributed by atoms with van der Waals surface area (Å²) in [6, 6.07) is 5.84. The fourth-order valence-electron chi connectivity index (χ4n) is 1.90. The number of benzene rings is 1. The molecule has 3 rings (SSSR count). The van der Waals surface area contributed by atoms with Crippen molar-refractivity contribution in [3.63, 3.8) is 0 Å². The molecule has 2 aliphatic rings. The normalized spacial score (nSPS) is 22.5. The van der Waals surface area contributed by atoms with Crippen molar-refractivity contribution in [2.24, 2.45) is 0 Å². The van der Waals surface area contributed by atoms with Crippen LogP contribution < -0.4 is 14.8 Å². The van der Waals surface area contributed by atoms with Gasteiger partial charge in [-0.2, -0.15) is 0 Å². The van der Waals surface area contributed by atoms with Gasteiger partial charge < -0.3 is 24.3 Å². The van der Waals surface area contributed by atoms with E-state index < -0.39 is 0 Å². The van der Waals surface area contributed by atoms with Gasteiger partial charge in [-0.05, 0) is 18.6 Å². The highest BCUT2D eigenvalue weighted by molar-refractivity contribution is 5.55. The second-order valence-electron chi connectivity index (χ2n) is 4.05. The molecule has 0 aromatic heterocycles. The minimum absolute atomic E-state index is 0.217. The van der Waals surface area contributed by atoms with Crippen LogP contribution in [0.4, 0.5) is 5.69 Å². The zero-order chi connectivity index (χ0) is 11.5. The maximum Gasteiger partial charge on any atom is 0.231 e. The minimum atomic E-state index is 0.217. The Hall–Kier alpha value is -1.46. The van der Waals surface area contributed by atoms with Gasteiger partial charge in [-0.1, -0.05) is 0 Å². The molecule has 5 nitrogen and oxygen atoms in total. The van der Waals surface area contributed by atoms with E-state index in [2.05, 4.69) is 5.32 Å². The maximum atomic E-state index is 5.45. The van der Waals surface area contributed by atoms with Crippen molar-refractivity contribution < 1.29 is 18.9 Å². The van der Waals surface area contributed by atoms with E-state index in [0.717, 1.165) is 36.8 Å². The average molecular weight is 237 g/mol. The van der Waals surface area contributed by atoms with Crippen LogP contribution in [0.25, 0.3) is 0 Å². The van der Waals surface area contributed by atoms with Gasteiger partial charge >= 0.3 is 0 Å². The van der Waals surface area contributed by atoms with Gasteiger partial charge in [0.05, 0.1) is 12.7 Å². The Balaban J connectivity index is 1.57. The summed E-state index contributed by atoms with van der Waals surface area (Å²) in [6.07, 6.45) is 1.14. The number of fused-ring (bicyclic) bond motifs is 1. The Kier molecular flexibility index (Phi) is 3.02. The van der Waals surface area contributed by atoms with Crippen LogP contribution in [0, 0.1) is 0 Å². The third-order valence-corrected chi connectivity index (χ3v) is 2.88. The molecule has 0 saturated carbocycles. The minimum Gasteiger partial charge on any atom is -0.454 e. The van der Waals surface area contributed by atoms with E-state index in [0.29, 0.717) is 13.6 Å². The zero-order valence-corrected chi connectivity index (χ0v) is 9.48. The first kappa shape index (κ1) is 10.7. The molecular weight excluding hydrogens is 222 g/mol. The van der Waals surface area contributed by atoms with E-state index in [1.807, 2.05) is 18.2 Å². The monoisotopic (exact) mass is 237 g/mol. The van der Waals surface area contributed by atoms with E-state index in [1.165, 1.54) is 0 Å². The number of anilines is 1. The first-order valence-corrected chi connectivity index (χ1v) is 5.75. The van der Waals surface area contributed by atoms with Crippen molar-refractivity contribution in [2.75, 3.05) is 32.1 Å². The molecule has 1 saturated heterocycles.